The average Bonchev–Trinajstić information content (AvgIpc) is 3.59. The van der Waals surface area contributed by atoms with Crippen LogP contribution in [0.4, 0.5) is 15.9 Å². The van der Waals surface area contributed by atoms with Crippen LogP contribution >= 0.6 is 23.2 Å². The molecule has 1 fully saturated rings. The number of benzene rings is 1. The molecule has 6 rings (SSSR count). The van der Waals surface area contributed by atoms with Gasteiger partial charge in [-0.15, -0.1) is 0 Å². The predicted molar refractivity (Wildman–Crippen MR) is 165 cm³/mol. The van der Waals surface area contributed by atoms with Crippen LogP contribution in [-0.2, 0) is 24.3 Å². The third-order valence-corrected chi connectivity index (χ3v) is 8.77. The molecule has 5 heterocycles. The molecule has 15 heteroatoms. The van der Waals surface area contributed by atoms with Gasteiger partial charge in [-0.25, -0.2) is 14.4 Å². The van der Waals surface area contributed by atoms with Crippen molar-refractivity contribution in [3.8, 4) is 16.9 Å². The minimum absolute atomic E-state index is 0.0350. The Morgan fingerprint density at radius 1 is 1.20 bits per heavy atom. The van der Waals surface area contributed by atoms with E-state index in [-0.39, 0.29) is 39.8 Å². The maximum Gasteiger partial charge on any atom is 0.263 e. The second kappa shape index (κ2) is 11.4. The first-order valence-corrected chi connectivity index (χ1v) is 14.7. The molecule has 44 heavy (non-hydrogen) atoms. The van der Waals surface area contributed by atoms with E-state index in [1.165, 1.54) is 21.5 Å². The van der Waals surface area contributed by atoms with Crippen LogP contribution < -0.4 is 21.5 Å². The molecule has 0 radical (unpaired) electrons. The summed E-state index contributed by atoms with van der Waals surface area (Å²) in [6.45, 7) is 4.72. The van der Waals surface area contributed by atoms with Crippen molar-refractivity contribution in [3.05, 3.63) is 62.1 Å². The summed E-state index contributed by atoms with van der Waals surface area (Å²) in [5.41, 5.74) is 4.86. The quantitative estimate of drug-likeness (QED) is 0.290. The number of rotatable bonds is 6. The van der Waals surface area contributed by atoms with Crippen LogP contribution in [0, 0.1) is 5.82 Å². The van der Waals surface area contributed by atoms with E-state index in [2.05, 4.69) is 39.1 Å². The van der Waals surface area contributed by atoms with Gasteiger partial charge in [0.05, 0.1) is 27.9 Å². The number of likely N-dealkylation sites (N-methyl/N-ethyl adjacent to an activating group) is 1. The normalized spacial score (nSPS) is 16.8. The zero-order valence-electron chi connectivity index (χ0n) is 23.9. The van der Waals surface area contributed by atoms with Gasteiger partial charge in [-0.3, -0.25) is 19.0 Å². The zero-order chi connectivity index (χ0) is 31.4. The molecule has 0 unspecified atom stereocenters. The van der Waals surface area contributed by atoms with Gasteiger partial charge < -0.3 is 30.5 Å². The van der Waals surface area contributed by atoms with Crippen molar-refractivity contribution < 1.29 is 19.1 Å². The molecule has 0 saturated carbocycles. The third kappa shape index (κ3) is 5.14. The summed E-state index contributed by atoms with van der Waals surface area (Å²) in [7, 11) is 2.06. The number of primary amides is 1. The van der Waals surface area contributed by atoms with Gasteiger partial charge in [-0.05, 0) is 26.5 Å². The highest BCUT2D eigenvalue weighted by Crippen LogP contribution is 2.39. The Hall–Kier alpha value is -4.20. The van der Waals surface area contributed by atoms with Crippen LogP contribution in [0.15, 0.2) is 29.3 Å². The van der Waals surface area contributed by atoms with Crippen molar-refractivity contribution in [1.29, 1.82) is 0 Å². The summed E-state index contributed by atoms with van der Waals surface area (Å²) < 4.78 is 18.4. The number of nitrogens with zero attached hydrogens (tertiary/aromatic N) is 6. The van der Waals surface area contributed by atoms with E-state index in [9.17, 15) is 19.5 Å². The van der Waals surface area contributed by atoms with E-state index in [4.69, 9.17) is 28.9 Å². The molecule has 4 N–H and O–H groups in total. The SMILES string of the molecule is C[C@H]1CN(C)CCN1c1cc(NC(=O)Cn2cc(-c3cc(C(N)=O)c(O)c(Cl)c3F)c3c(=O)n4c(nc32)CCC4)c(Cl)cn1. The van der Waals surface area contributed by atoms with E-state index in [1.54, 1.807) is 6.07 Å². The lowest BCUT2D eigenvalue weighted by atomic mass is 10.0. The lowest BCUT2D eigenvalue weighted by Crippen LogP contribution is -2.50. The molecule has 0 bridgehead atoms. The molecule has 0 aliphatic carbocycles. The van der Waals surface area contributed by atoms with Crippen molar-refractivity contribution in [3.63, 3.8) is 0 Å². The van der Waals surface area contributed by atoms with Gasteiger partial charge in [0.1, 0.15) is 34.6 Å². The molecule has 0 spiro atoms. The molecular formula is C29H29Cl2FN8O4. The molecule has 2 aliphatic heterocycles. The molecule has 2 amide bonds. The van der Waals surface area contributed by atoms with E-state index < -0.39 is 39.5 Å². The number of amides is 2. The lowest BCUT2D eigenvalue weighted by Gasteiger charge is -2.39. The van der Waals surface area contributed by atoms with E-state index in [0.717, 1.165) is 25.7 Å². The number of hydrogen-bond donors (Lipinski definition) is 3. The van der Waals surface area contributed by atoms with E-state index in [1.807, 2.05) is 0 Å². The average molecular weight is 644 g/mol. The van der Waals surface area contributed by atoms with Crippen LogP contribution in [-0.4, -0.2) is 73.6 Å². The largest absolute Gasteiger partial charge is 0.505 e. The van der Waals surface area contributed by atoms with Crippen LogP contribution in [0.25, 0.3) is 22.2 Å². The number of fused-ring (bicyclic) bond motifs is 2. The Labute approximate surface area is 260 Å². The van der Waals surface area contributed by atoms with Gasteiger partial charge in [0.15, 0.2) is 5.82 Å². The number of aryl methyl sites for hydroxylation is 1. The maximum absolute atomic E-state index is 15.5. The van der Waals surface area contributed by atoms with Gasteiger partial charge in [-0.2, -0.15) is 0 Å². The highest BCUT2D eigenvalue weighted by atomic mass is 35.5. The Morgan fingerprint density at radius 2 is 1.98 bits per heavy atom. The smallest absolute Gasteiger partial charge is 0.263 e. The summed E-state index contributed by atoms with van der Waals surface area (Å²) in [5, 5.41) is 12.6. The van der Waals surface area contributed by atoms with Gasteiger partial charge in [0.2, 0.25) is 5.91 Å². The fourth-order valence-electron chi connectivity index (χ4n) is 5.96. The number of anilines is 2. The van der Waals surface area contributed by atoms with Gasteiger partial charge in [0, 0.05) is 62.0 Å². The number of nitrogens with two attached hydrogens (primary N) is 1. The Morgan fingerprint density at radius 3 is 2.70 bits per heavy atom. The summed E-state index contributed by atoms with van der Waals surface area (Å²) >= 11 is 12.4. The molecule has 12 nitrogen and oxygen atoms in total. The van der Waals surface area contributed by atoms with Crippen LogP contribution in [0.1, 0.15) is 29.5 Å². The van der Waals surface area contributed by atoms with Crippen molar-refractivity contribution >= 4 is 57.6 Å². The Kier molecular flexibility index (Phi) is 7.72. The van der Waals surface area contributed by atoms with E-state index >= 15 is 4.39 Å². The number of aromatic hydroxyl groups is 1. The lowest BCUT2D eigenvalue weighted by molar-refractivity contribution is -0.116. The zero-order valence-corrected chi connectivity index (χ0v) is 25.4. The number of halogens is 3. The minimum Gasteiger partial charge on any atom is -0.505 e. The Balaban J connectivity index is 1.39. The monoisotopic (exact) mass is 642 g/mol. The topological polar surface area (TPSA) is 152 Å². The number of pyridine rings is 1. The second-order valence-electron chi connectivity index (χ2n) is 11.1. The summed E-state index contributed by atoms with van der Waals surface area (Å²) in [6.07, 6.45) is 4.14. The molecule has 1 aromatic carbocycles. The molecule has 230 valence electrons. The minimum atomic E-state index is -1.06. The number of nitrogens with one attached hydrogen (secondary N) is 1. The Bertz CT molecular complexity index is 1910. The molecular weight excluding hydrogens is 614 g/mol. The standard InChI is InChI=1S/C29H29Cl2FN8O4/c1-14-11-37(2)6-7-39(14)21-9-19(18(30)10-34-21)35-22(41)13-38-12-17(15-8-16(27(33)43)26(42)24(31)25(15)32)23-28(38)36-20-4-3-5-40(20)29(23)44/h8-10,12,14,42H,3-7,11,13H2,1-2H3,(H2,33,43)(H,34,35,41)/t14-/m0/s1. The van der Waals surface area contributed by atoms with Crippen molar-refractivity contribution in [2.24, 2.45) is 5.73 Å². The molecule has 1 atom stereocenters. The number of carbonyl (C=O) groups is 2. The third-order valence-electron chi connectivity index (χ3n) is 8.13. The number of phenols is 1. The highest BCUT2D eigenvalue weighted by molar-refractivity contribution is 6.34. The van der Waals surface area contributed by atoms with E-state index in [0.29, 0.717) is 36.7 Å². The van der Waals surface area contributed by atoms with Gasteiger partial charge >= 0.3 is 0 Å². The van der Waals surface area contributed by atoms with Crippen molar-refractivity contribution in [2.45, 2.75) is 38.9 Å². The molecule has 1 saturated heterocycles. The first kappa shape index (κ1) is 29.9. The summed E-state index contributed by atoms with van der Waals surface area (Å²) in [6, 6.07) is 2.96. The number of carbonyl (C=O) groups excluding carboxylic acids is 2. The summed E-state index contributed by atoms with van der Waals surface area (Å²) in [4.78, 5) is 52.6. The number of aromatic nitrogens is 4. The first-order valence-electron chi connectivity index (χ1n) is 14.0. The number of piperazine rings is 1. The first-order chi connectivity index (χ1) is 20.9. The fraction of sp³-hybridized carbons (Fsp3) is 0.345. The molecule has 2 aliphatic rings. The van der Waals surface area contributed by atoms with Crippen LogP contribution in [0.3, 0.4) is 0 Å². The second-order valence-corrected chi connectivity index (χ2v) is 11.9. The maximum atomic E-state index is 15.5. The highest BCUT2D eigenvalue weighted by Gasteiger charge is 2.28. The summed E-state index contributed by atoms with van der Waals surface area (Å²) in [5.74, 6) is -2.17. The van der Waals surface area contributed by atoms with Crippen molar-refractivity contribution in [1.82, 2.24) is 24.0 Å². The van der Waals surface area contributed by atoms with Gasteiger partial charge in [0.25, 0.3) is 11.5 Å². The molecule has 4 aromatic rings. The van der Waals surface area contributed by atoms with Crippen LogP contribution in [0.5, 0.6) is 5.75 Å². The van der Waals surface area contributed by atoms with Crippen molar-refractivity contribution in [2.75, 3.05) is 36.9 Å². The van der Waals surface area contributed by atoms with Gasteiger partial charge in [-0.1, -0.05) is 23.2 Å². The fourth-order valence-corrected chi connectivity index (χ4v) is 6.31. The molecule has 3 aromatic heterocycles. The predicted octanol–water partition coefficient (Wildman–Crippen LogP) is 3.24. The number of hydrogen-bond acceptors (Lipinski definition) is 8. The van der Waals surface area contributed by atoms with Crippen LogP contribution in [0.2, 0.25) is 10.0 Å².